The standard InChI is InChI=1S/C8H10N2O2/c1(7-5-9-12-6-7)2-8-3-4-11-10-8/h3-5,9H,1-2,6H2. The molecule has 2 rings (SSSR count). The summed E-state index contributed by atoms with van der Waals surface area (Å²) in [5.41, 5.74) is 4.95. The van der Waals surface area contributed by atoms with E-state index in [1.165, 1.54) is 5.57 Å². The predicted octanol–water partition coefficient (Wildman–Crippen LogP) is 1.03. The second-order valence-electron chi connectivity index (χ2n) is 2.70. The Bertz CT molecular complexity index is 267. The third kappa shape index (κ3) is 1.65. The Hall–Kier alpha value is -1.29. The maximum atomic E-state index is 4.94. The number of aryl methyl sites for hydroxylation is 1. The zero-order chi connectivity index (χ0) is 8.23. The minimum Gasteiger partial charge on any atom is -0.365 e. The van der Waals surface area contributed by atoms with Crippen LogP contribution >= 0.6 is 0 Å². The van der Waals surface area contributed by atoms with Gasteiger partial charge in [0.15, 0.2) is 0 Å². The molecule has 0 amide bonds. The molecule has 4 nitrogen and oxygen atoms in total. The molecule has 2 heterocycles. The Morgan fingerprint density at radius 2 is 2.50 bits per heavy atom. The minimum atomic E-state index is 0.678. The van der Waals surface area contributed by atoms with Crippen LogP contribution in [0.25, 0.3) is 0 Å². The Labute approximate surface area is 70.1 Å². The predicted molar refractivity (Wildman–Crippen MR) is 42.0 cm³/mol. The monoisotopic (exact) mass is 166 g/mol. The lowest BCUT2D eigenvalue weighted by Crippen LogP contribution is -1.97. The summed E-state index contributed by atoms with van der Waals surface area (Å²) in [5, 5.41) is 3.81. The van der Waals surface area contributed by atoms with E-state index >= 15 is 0 Å². The van der Waals surface area contributed by atoms with Crippen LogP contribution in [0.4, 0.5) is 0 Å². The molecule has 0 bridgehead atoms. The molecule has 1 aliphatic rings. The van der Waals surface area contributed by atoms with Crippen LogP contribution in [0, 0.1) is 0 Å². The maximum absolute atomic E-state index is 4.94. The van der Waals surface area contributed by atoms with Crippen molar-refractivity contribution in [1.29, 1.82) is 0 Å². The number of rotatable bonds is 3. The molecule has 0 unspecified atom stereocenters. The lowest BCUT2D eigenvalue weighted by Gasteiger charge is -1.95. The van der Waals surface area contributed by atoms with Crippen LogP contribution < -0.4 is 5.48 Å². The highest BCUT2D eigenvalue weighted by Gasteiger charge is 2.05. The van der Waals surface area contributed by atoms with E-state index in [0.717, 1.165) is 18.5 Å². The Balaban J connectivity index is 1.82. The smallest absolute Gasteiger partial charge is 0.124 e. The number of hydrogen-bond donors (Lipinski definition) is 1. The molecule has 0 radical (unpaired) electrons. The average molecular weight is 166 g/mol. The van der Waals surface area contributed by atoms with E-state index in [2.05, 4.69) is 10.6 Å². The molecule has 1 aliphatic heterocycles. The molecule has 12 heavy (non-hydrogen) atoms. The van der Waals surface area contributed by atoms with Crippen molar-refractivity contribution in [3.8, 4) is 0 Å². The van der Waals surface area contributed by atoms with E-state index in [1.54, 1.807) is 6.26 Å². The average Bonchev–Trinajstić information content (AvgIpc) is 2.74. The van der Waals surface area contributed by atoms with Crippen molar-refractivity contribution < 1.29 is 9.36 Å². The number of hydroxylamine groups is 1. The van der Waals surface area contributed by atoms with Gasteiger partial charge in [-0.05, 0) is 18.4 Å². The summed E-state index contributed by atoms with van der Waals surface area (Å²) in [6, 6.07) is 1.88. The molecule has 0 aromatic carbocycles. The molecule has 1 aromatic heterocycles. The second-order valence-corrected chi connectivity index (χ2v) is 2.70. The molecule has 1 N–H and O–H groups in total. The highest BCUT2D eigenvalue weighted by atomic mass is 16.6. The van der Waals surface area contributed by atoms with Crippen LogP contribution in [0.2, 0.25) is 0 Å². The summed E-state index contributed by atoms with van der Waals surface area (Å²) >= 11 is 0. The van der Waals surface area contributed by atoms with Crippen molar-refractivity contribution in [2.75, 3.05) is 6.61 Å². The van der Waals surface area contributed by atoms with Crippen molar-refractivity contribution in [2.45, 2.75) is 12.8 Å². The highest BCUT2D eigenvalue weighted by molar-refractivity contribution is 5.07. The van der Waals surface area contributed by atoms with Crippen LogP contribution in [0.5, 0.6) is 0 Å². The van der Waals surface area contributed by atoms with E-state index in [-0.39, 0.29) is 0 Å². The van der Waals surface area contributed by atoms with Gasteiger partial charge in [-0.1, -0.05) is 5.16 Å². The highest BCUT2D eigenvalue weighted by Crippen LogP contribution is 2.09. The van der Waals surface area contributed by atoms with Gasteiger partial charge in [-0.3, -0.25) is 10.3 Å². The van der Waals surface area contributed by atoms with Crippen LogP contribution in [0.1, 0.15) is 12.1 Å². The number of nitrogens with one attached hydrogen (secondary N) is 1. The molecule has 0 saturated carbocycles. The van der Waals surface area contributed by atoms with Gasteiger partial charge in [-0.15, -0.1) is 0 Å². The van der Waals surface area contributed by atoms with Crippen LogP contribution in [-0.4, -0.2) is 11.8 Å². The Kier molecular flexibility index (Phi) is 2.09. The van der Waals surface area contributed by atoms with Gasteiger partial charge in [0.2, 0.25) is 0 Å². The minimum absolute atomic E-state index is 0.678. The van der Waals surface area contributed by atoms with E-state index < -0.39 is 0 Å². The fraction of sp³-hybridized carbons (Fsp3) is 0.375. The summed E-state index contributed by atoms with van der Waals surface area (Å²) in [6.45, 7) is 0.678. The van der Waals surface area contributed by atoms with Gasteiger partial charge >= 0.3 is 0 Å². The van der Waals surface area contributed by atoms with Gasteiger partial charge < -0.3 is 4.52 Å². The fourth-order valence-corrected chi connectivity index (χ4v) is 1.10. The van der Waals surface area contributed by atoms with Crippen LogP contribution in [0.3, 0.4) is 0 Å². The zero-order valence-electron chi connectivity index (χ0n) is 6.62. The quantitative estimate of drug-likeness (QED) is 0.728. The fourth-order valence-electron chi connectivity index (χ4n) is 1.10. The van der Waals surface area contributed by atoms with Gasteiger partial charge in [0, 0.05) is 12.3 Å². The summed E-state index contributed by atoms with van der Waals surface area (Å²) in [7, 11) is 0. The van der Waals surface area contributed by atoms with Crippen molar-refractivity contribution in [3.05, 3.63) is 29.8 Å². The van der Waals surface area contributed by atoms with Gasteiger partial charge in [0.05, 0.1) is 12.3 Å². The lowest BCUT2D eigenvalue weighted by atomic mass is 10.1. The molecule has 0 spiro atoms. The van der Waals surface area contributed by atoms with Gasteiger partial charge in [0.25, 0.3) is 0 Å². The normalized spacial score (nSPS) is 15.8. The number of nitrogens with zero attached hydrogens (tertiary/aromatic N) is 1. The molecule has 0 aliphatic carbocycles. The first-order valence-corrected chi connectivity index (χ1v) is 3.89. The molecule has 4 heteroatoms. The van der Waals surface area contributed by atoms with E-state index in [9.17, 15) is 0 Å². The summed E-state index contributed by atoms with van der Waals surface area (Å²) in [5.74, 6) is 0. The summed E-state index contributed by atoms with van der Waals surface area (Å²) in [6.07, 6.45) is 5.36. The summed E-state index contributed by atoms with van der Waals surface area (Å²) in [4.78, 5) is 4.94. The second kappa shape index (κ2) is 3.40. The Morgan fingerprint density at radius 3 is 3.17 bits per heavy atom. The largest absolute Gasteiger partial charge is 0.365 e. The topological polar surface area (TPSA) is 47.3 Å². The first-order valence-electron chi connectivity index (χ1n) is 3.89. The Morgan fingerprint density at radius 1 is 1.50 bits per heavy atom. The van der Waals surface area contributed by atoms with Crippen molar-refractivity contribution in [1.82, 2.24) is 10.6 Å². The first kappa shape index (κ1) is 7.36. The van der Waals surface area contributed by atoms with E-state index in [0.29, 0.717) is 6.61 Å². The maximum Gasteiger partial charge on any atom is 0.124 e. The lowest BCUT2D eigenvalue weighted by molar-refractivity contribution is 0.112. The first-order chi connectivity index (χ1) is 5.95. The molecule has 64 valence electrons. The molecule has 0 saturated heterocycles. The molecule has 0 atom stereocenters. The third-order valence-corrected chi connectivity index (χ3v) is 1.80. The van der Waals surface area contributed by atoms with E-state index in [4.69, 9.17) is 9.36 Å². The van der Waals surface area contributed by atoms with Crippen molar-refractivity contribution in [3.63, 3.8) is 0 Å². The molecular weight excluding hydrogens is 156 g/mol. The van der Waals surface area contributed by atoms with Gasteiger partial charge in [0.1, 0.15) is 6.26 Å². The van der Waals surface area contributed by atoms with E-state index in [1.807, 2.05) is 12.3 Å². The van der Waals surface area contributed by atoms with Gasteiger partial charge in [-0.2, -0.15) is 0 Å². The molecule has 1 aromatic rings. The summed E-state index contributed by atoms with van der Waals surface area (Å²) < 4.78 is 4.71. The van der Waals surface area contributed by atoms with Crippen molar-refractivity contribution >= 4 is 0 Å². The zero-order valence-corrected chi connectivity index (χ0v) is 6.62. The SMILES string of the molecule is C1=C(CCc2ccon2)CON1. The van der Waals surface area contributed by atoms with Crippen molar-refractivity contribution in [2.24, 2.45) is 0 Å². The van der Waals surface area contributed by atoms with Crippen LogP contribution in [-0.2, 0) is 11.3 Å². The van der Waals surface area contributed by atoms with Crippen LogP contribution in [0.15, 0.2) is 28.6 Å². The number of aromatic nitrogens is 1. The number of hydrogen-bond acceptors (Lipinski definition) is 4. The molecular formula is C8H10N2O2. The molecule has 0 fully saturated rings. The van der Waals surface area contributed by atoms with Gasteiger partial charge in [-0.25, -0.2) is 0 Å². The third-order valence-electron chi connectivity index (χ3n) is 1.80.